The lowest BCUT2D eigenvalue weighted by atomic mass is 9.76. The second-order valence-corrected chi connectivity index (χ2v) is 8.42. The molecule has 0 unspecified atom stereocenters. The maximum atomic E-state index is 2.43. The van der Waals surface area contributed by atoms with Crippen LogP contribution in [0.25, 0.3) is 0 Å². The maximum Gasteiger partial charge on any atom is -0.0159 e. The average Bonchev–Trinajstić information content (AvgIpc) is 2.71. The van der Waals surface area contributed by atoms with Crippen LogP contribution in [0.1, 0.15) is 126 Å². The summed E-state index contributed by atoms with van der Waals surface area (Å²) in [7, 11) is 0. The molecular weight excluding hydrogens is 288 g/mol. The first-order valence-electron chi connectivity index (χ1n) is 11.0. The molecular formula is C24H38. The Labute approximate surface area is 150 Å². The minimum atomic E-state index is 0.872. The second-order valence-electron chi connectivity index (χ2n) is 8.42. The number of hydrogen-bond donors (Lipinski definition) is 0. The lowest BCUT2D eigenvalue weighted by Crippen LogP contribution is -2.12. The SMILES string of the molecule is C1CCCCC1.c1ccc(C2CCCCC2)c(C2CCCCC2)c1. The van der Waals surface area contributed by atoms with Crippen molar-refractivity contribution in [1.82, 2.24) is 0 Å². The third kappa shape index (κ3) is 5.36. The van der Waals surface area contributed by atoms with Gasteiger partial charge in [0, 0.05) is 0 Å². The minimum absolute atomic E-state index is 0.872. The van der Waals surface area contributed by atoms with E-state index < -0.39 is 0 Å². The Morgan fingerprint density at radius 2 is 0.708 bits per heavy atom. The zero-order chi connectivity index (χ0) is 16.5. The van der Waals surface area contributed by atoms with E-state index in [2.05, 4.69) is 24.3 Å². The minimum Gasteiger partial charge on any atom is -0.0620 e. The molecule has 134 valence electrons. The van der Waals surface area contributed by atoms with Gasteiger partial charge in [0.2, 0.25) is 0 Å². The van der Waals surface area contributed by atoms with Gasteiger partial charge in [-0.15, -0.1) is 0 Å². The first kappa shape index (κ1) is 18.0. The van der Waals surface area contributed by atoms with Crippen molar-refractivity contribution in [3.8, 4) is 0 Å². The van der Waals surface area contributed by atoms with Crippen LogP contribution in [0.5, 0.6) is 0 Å². The van der Waals surface area contributed by atoms with Gasteiger partial charge in [-0.25, -0.2) is 0 Å². The third-order valence-electron chi connectivity index (χ3n) is 6.59. The maximum absolute atomic E-state index is 2.43. The molecule has 1 aromatic carbocycles. The fraction of sp³-hybridized carbons (Fsp3) is 0.750. The standard InChI is InChI=1S/C18H26.C6H12/c1-3-9-15(10-4-1)17-13-7-8-14-18(17)16-11-5-2-6-12-16;1-2-4-6-5-3-1/h7-8,13-16H,1-6,9-12H2;1-6H2. The molecule has 1 aromatic rings. The molecule has 0 aliphatic heterocycles. The Bertz CT molecular complexity index is 396. The van der Waals surface area contributed by atoms with Crippen molar-refractivity contribution >= 4 is 0 Å². The highest BCUT2D eigenvalue weighted by molar-refractivity contribution is 5.34. The summed E-state index contributed by atoms with van der Waals surface area (Å²) < 4.78 is 0. The van der Waals surface area contributed by atoms with Crippen LogP contribution in [0.2, 0.25) is 0 Å². The van der Waals surface area contributed by atoms with Crippen LogP contribution < -0.4 is 0 Å². The quantitative estimate of drug-likeness (QED) is 0.514. The number of rotatable bonds is 2. The van der Waals surface area contributed by atoms with E-state index in [1.165, 1.54) is 103 Å². The Morgan fingerprint density at radius 1 is 0.417 bits per heavy atom. The van der Waals surface area contributed by atoms with Crippen LogP contribution in [0, 0.1) is 0 Å². The lowest BCUT2D eigenvalue weighted by Gasteiger charge is -2.29. The van der Waals surface area contributed by atoms with Crippen molar-refractivity contribution in [3.63, 3.8) is 0 Å². The molecule has 24 heavy (non-hydrogen) atoms. The number of benzene rings is 1. The van der Waals surface area contributed by atoms with Gasteiger partial charge in [0.1, 0.15) is 0 Å². The molecule has 0 atom stereocenters. The normalized spacial score (nSPS) is 23.3. The molecule has 3 fully saturated rings. The van der Waals surface area contributed by atoms with Crippen LogP contribution in [0.4, 0.5) is 0 Å². The van der Waals surface area contributed by atoms with Gasteiger partial charge >= 0.3 is 0 Å². The summed E-state index contributed by atoms with van der Waals surface area (Å²) in [6.45, 7) is 0. The summed E-state index contributed by atoms with van der Waals surface area (Å²) in [5.41, 5.74) is 3.42. The van der Waals surface area contributed by atoms with Crippen LogP contribution in [-0.2, 0) is 0 Å². The molecule has 0 saturated heterocycles. The molecule has 0 heterocycles. The van der Waals surface area contributed by atoms with Crippen LogP contribution in [0.15, 0.2) is 24.3 Å². The van der Waals surface area contributed by atoms with Gasteiger partial charge < -0.3 is 0 Å². The second kappa shape index (κ2) is 10.3. The van der Waals surface area contributed by atoms with Gasteiger partial charge in [0.25, 0.3) is 0 Å². The third-order valence-corrected chi connectivity index (χ3v) is 6.59. The molecule has 0 spiro atoms. The van der Waals surface area contributed by atoms with Crippen LogP contribution in [0.3, 0.4) is 0 Å². The molecule has 4 rings (SSSR count). The van der Waals surface area contributed by atoms with E-state index in [1.54, 1.807) is 11.1 Å². The Hall–Kier alpha value is -0.780. The molecule has 3 aliphatic carbocycles. The molecule has 0 radical (unpaired) electrons. The van der Waals surface area contributed by atoms with Crippen LogP contribution in [-0.4, -0.2) is 0 Å². The van der Waals surface area contributed by atoms with Crippen LogP contribution >= 0.6 is 0 Å². The van der Waals surface area contributed by atoms with Crippen molar-refractivity contribution in [2.45, 2.75) is 115 Å². The van der Waals surface area contributed by atoms with E-state index in [1.807, 2.05) is 0 Å². The molecule has 0 aromatic heterocycles. The van der Waals surface area contributed by atoms with Crippen molar-refractivity contribution in [2.75, 3.05) is 0 Å². The summed E-state index contributed by atoms with van der Waals surface area (Å²) in [4.78, 5) is 0. The largest absolute Gasteiger partial charge is 0.0620 e. The molecule has 3 saturated carbocycles. The molecule has 3 aliphatic rings. The van der Waals surface area contributed by atoms with Gasteiger partial charge in [-0.3, -0.25) is 0 Å². The average molecular weight is 327 g/mol. The van der Waals surface area contributed by atoms with Crippen molar-refractivity contribution in [3.05, 3.63) is 35.4 Å². The van der Waals surface area contributed by atoms with E-state index in [-0.39, 0.29) is 0 Å². The number of hydrogen-bond acceptors (Lipinski definition) is 0. The summed E-state index contributed by atoms with van der Waals surface area (Å²) >= 11 is 0. The van der Waals surface area contributed by atoms with Gasteiger partial charge in [-0.05, 0) is 48.6 Å². The van der Waals surface area contributed by atoms with Gasteiger partial charge in [-0.2, -0.15) is 0 Å². The summed E-state index contributed by atoms with van der Waals surface area (Å²) in [5.74, 6) is 1.74. The van der Waals surface area contributed by atoms with E-state index in [9.17, 15) is 0 Å². The highest BCUT2D eigenvalue weighted by Gasteiger charge is 2.23. The Morgan fingerprint density at radius 3 is 1.04 bits per heavy atom. The van der Waals surface area contributed by atoms with Gasteiger partial charge in [0.05, 0.1) is 0 Å². The fourth-order valence-corrected chi connectivity index (χ4v) is 5.14. The van der Waals surface area contributed by atoms with Crippen molar-refractivity contribution in [2.24, 2.45) is 0 Å². The first-order valence-corrected chi connectivity index (χ1v) is 11.0. The summed E-state index contributed by atoms with van der Waals surface area (Å²) in [5, 5.41) is 0. The molecule has 0 amide bonds. The predicted octanol–water partition coefficient (Wildman–Crippen LogP) is 8.12. The highest BCUT2D eigenvalue weighted by atomic mass is 14.3. The van der Waals surface area contributed by atoms with E-state index >= 15 is 0 Å². The Kier molecular flexibility index (Phi) is 7.71. The molecule has 0 N–H and O–H groups in total. The van der Waals surface area contributed by atoms with Gasteiger partial charge in [0.15, 0.2) is 0 Å². The fourth-order valence-electron chi connectivity index (χ4n) is 5.14. The zero-order valence-electron chi connectivity index (χ0n) is 15.8. The molecule has 0 heteroatoms. The highest BCUT2D eigenvalue weighted by Crippen LogP contribution is 2.40. The first-order chi connectivity index (χ1) is 11.9. The smallest absolute Gasteiger partial charge is 0.0159 e. The van der Waals surface area contributed by atoms with Crippen molar-refractivity contribution < 1.29 is 0 Å². The topological polar surface area (TPSA) is 0 Å². The van der Waals surface area contributed by atoms with E-state index in [4.69, 9.17) is 0 Å². The predicted molar refractivity (Wildman–Crippen MR) is 106 cm³/mol. The molecule has 0 nitrogen and oxygen atoms in total. The lowest BCUT2D eigenvalue weighted by molar-refractivity contribution is 0.419. The zero-order valence-corrected chi connectivity index (χ0v) is 15.8. The van der Waals surface area contributed by atoms with E-state index in [0.29, 0.717) is 0 Å². The summed E-state index contributed by atoms with van der Waals surface area (Å²) in [6, 6.07) is 9.38. The summed E-state index contributed by atoms with van der Waals surface area (Å²) in [6.07, 6.45) is 23.5. The molecule has 0 bridgehead atoms. The monoisotopic (exact) mass is 326 g/mol. The van der Waals surface area contributed by atoms with Crippen molar-refractivity contribution in [1.29, 1.82) is 0 Å². The Balaban J connectivity index is 0.000000238. The van der Waals surface area contributed by atoms with E-state index in [0.717, 1.165) is 11.8 Å². The van der Waals surface area contributed by atoms with Gasteiger partial charge in [-0.1, -0.05) is 101 Å².